The fraction of sp³-hybridized carbons (Fsp3) is 0.250. The first-order valence-electron chi connectivity index (χ1n) is 8.59. The number of carboxylic acids is 1. The lowest BCUT2D eigenvalue weighted by Crippen LogP contribution is -2.01. The van der Waals surface area contributed by atoms with Gasteiger partial charge in [0.25, 0.3) is 0 Å². The van der Waals surface area contributed by atoms with Crippen LogP contribution in [-0.2, 0) is 17.8 Å². The minimum Gasteiger partial charge on any atom is -0.487 e. The molecule has 2 heterocycles. The number of unbranched alkanes of at least 4 members (excludes halogenated alkanes) is 1. The van der Waals surface area contributed by atoms with Gasteiger partial charge in [-0.2, -0.15) is 5.10 Å². The fourth-order valence-electron chi connectivity index (χ4n) is 2.72. The number of aromatic nitrogens is 3. The van der Waals surface area contributed by atoms with E-state index in [0.29, 0.717) is 18.8 Å². The van der Waals surface area contributed by atoms with Gasteiger partial charge in [0, 0.05) is 12.6 Å². The molecule has 3 rings (SSSR count). The third kappa shape index (κ3) is 4.92. The molecule has 0 saturated carbocycles. The molecule has 6 heteroatoms. The van der Waals surface area contributed by atoms with Crippen molar-refractivity contribution in [1.82, 2.24) is 15.2 Å². The monoisotopic (exact) mass is 351 g/mol. The van der Waals surface area contributed by atoms with Crippen molar-refractivity contribution in [1.29, 1.82) is 0 Å². The molecule has 0 amide bonds. The van der Waals surface area contributed by atoms with Gasteiger partial charge in [0.05, 0.1) is 17.6 Å². The summed E-state index contributed by atoms with van der Waals surface area (Å²) in [6, 6.07) is 13.7. The highest BCUT2D eigenvalue weighted by molar-refractivity contribution is 5.66. The maximum atomic E-state index is 10.6. The Hall–Kier alpha value is -3.15. The molecule has 0 spiro atoms. The molecule has 0 radical (unpaired) electrons. The van der Waals surface area contributed by atoms with E-state index in [1.807, 2.05) is 36.4 Å². The zero-order valence-corrected chi connectivity index (χ0v) is 14.4. The molecule has 134 valence electrons. The van der Waals surface area contributed by atoms with Crippen LogP contribution >= 0.6 is 0 Å². The number of pyridine rings is 1. The van der Waals surface area contributed by atoms with Gasteiger partial charge in [-0.3, -0.25) is 14.9 Å². The average molecular weight is 351 g/mol. The first kappa shape index (κ1) is 17.7. The van der Waals surface area contributed by atoms with E-state index in [4.69, 9.17) is 9.84 Å². The van der Waals surface area contributed by atoms with Gasteiger partial charge in [-0.1, -0.05) is 24.3 Å². The lowest BCUT2D eigenvalue weighted by molar-refractivity contribution is -0.137. The number of aryl methyl sites for hydroxylation is 1. The van der Waals surface area contributed by atoms with Gasteiger partial charge in [0.1, 0.15) is 12.4 Å². The summed E-state index contributed by atoms with van der Waals surface area (Å²) >= 11 is 0. The Morgan fingerprint density at radius 1 is 1.08 bits per heavy atom. The zero-order chi connectivity index (χ0) is 18.2. The van der Waals surface area contributed by atoms with Crippen LogP contribution in [-0.4, -0.2) is 26.3 Å². The Morgan fingerprint density at radius 3 is 2.62 bits per heavy atom. The summed E-state index contributed by atoms with van der Waals surface area (Å²) in [4.78, 5) is 15.0. The Balaban J connectivity index is 1.56. The molecule has 0 fully saturated rings. The number of aromatic amines is 1. The van der Waals surface area contributed by atoms with Crippen LogP contribution in [0.25, 0.3) is 11.4 Å². The molecule has 2 N–H and O–H groups in total. The van der Waals surface area contributed by atoms with Crippen molar-refractivity contribution in [3.8, 4) is 17.1 Å². The van der Waals surface area contributed by atoms with E-state index in [1.165, 1.54) is 5.56 Å². The average Bonchev–Trinajstić information content (AvgIpc) is 3.19. The highest BCUT2D eigenvalue weighted by Crippen LogP contribution is 2.19. The summed E-state index contributed by atoms with van der Waals surface area (Å²) in [7, 11) is 0. The van der Waals surface area contributed by atoms with E-state index in [1.54, 1.807) is 12.4 Å². The van der Waals surface area contributed by atoms with E-state index in [9.17, 15) is 4.79 Å². The van der Waals surface area contributed by atoms with Crippen molar-refractivity contribution in [3.63, 3.8) is 0 Å². The van der Waals surface area contributed by atoms with Gasteiger partial charge < -0.3 is 9.84 Å². The van der Waals surface area contributed by atoms with Crippen molar-refractivity contribution < 1.29 is 14.6 Å². The topological polar surface area (TPSA) is 88.1 Å². The maximum Gasteiger partial charge on any atom is 0.303 e. The van der Waals surface area contributed by atoms with Crippen molar-refractivity contribution in [2.75, 3.05) is 0 Å². The van der Waals surface area contributed by atoms with E-state index < -0.39 is 5.97 Å². The summed E-state index contributed by atoms with van der Waals surface area (Å²) in [6.45, 7) is 0.459. The zero-order valence-electron chi connectivity index (χ0n) is 14.4. The smallest absolute Gasteiger partial charge is 0.303 e. The number of nitrogens with zero attached hydrogens (tertiary/aromatic N) is 2. The predicted octanol–water partition coefficient (Wildman–Crippen LogP) is 3.85. The van der Waals surface area contributed by atoms with Crippen LogP contribution in [0.5, 0.6) is 5.75 Å². The van der Waals surface area contributed by atoms with Gasteiger partial charge in [0.2, 0.25) is 0 Å². The molecule has 0 unspecified atom stereocenters. The van der Waals surface area contributed by atoms with Crippen molar-refractivity contribution in [2.24, 2.45) is 0 Å². The Bertz CT molecular complexity index is 830. The van der Waals surface area contributed by atoms with Crippen molar-refractivity contribution in [2.45, 2.75) is 32.3 Å². The van der Waals surface area contributed by atoms with Gasteiger partial charge in [-0.05, 0) is 48.6 Å². The molecule has 0 aliphatic carbocycles. The molecule has 0 bridgehead atoms. The molecule has 26 heavy (non-hydrogen) atoms. The van der Waals surface area contributed by atoms with Crippen LogP contribution in [0.3, 0.4) is 0 Å². The number of aliphatic carboxylic acids is 1. The molecule has 0 aliphatic rings. The number of hydrogen-bond acceptors (Lipinski definition) is 4. The van der Waals surface area contributed by atoms with Crippen LogP contribution in [0.2, 0.25) is 0 Å². The number of carbonyl (C=O) groups is 1. The molecule has 1 aromatic carbocycles. The summed E-state index contributed by atoms with van der Waals surface area (Å²) in [5.41, 5.74) is 3.98. The molecule has 0 saturated heterocycles. The summed E-state index contributed by atoms with van der Waals surface area (Å²) in [5.74, 6) is -0.0401. The third-order valence-corrected chi connectivity index (χ3v) is 4.11. The lowest BCUT2D eigenvalue weighted by atomic mass is 10.0. The quantitative estimate of drug-likeness (QED) is 0.572. The van der Waals surface area contributed by atoms with Crippen LogP contribution < -0.4 is 4.74 Å². The summed E-state index contributed by atoms with van der Waals surface area (Å²) < 4.78 is 5.87. The standard InChI is InChI=1S/C20H21N3O3/c24-20(25)8-4-3-6-15-5-1-2-7-16(15)14-26-17-9-10-18(21-13-17)19-11-12-22-23-19/h1-2,5,7,9-13H,3-4,6,8,14H2,(H,22,23)(H,24,25). The minimum atomic E-state index is -0.743. The number of ether oxygens (including phenoxy) is 1. The number of carboxylic acid groups (broad SMARTS) is 1. The molecular weight excluding hydrogens is 330 g/mol. The number of benzene rings is 1. The number of hydrogen-bond donors (Lipinski definition) is 2. The SMILES string of the molecule is O=C(O)CCCCc1ccccc1COc1ccc(-c2ccn[nH]2)nc1. The number of nitrogens with one attached hydrogen (secondary N) is 1. The Morgan fingerprint density at radius 2 is 1.92 bits per heavy atom. The van der Waals surface area contributed by atoms with Crippen LogP contribution in [0.4, 0.5) is 0 Å². The van der Waals surface area contributed by atoms with Crippen LogP contribution in [0.1, 0.15) is 30.4 Å². The van der Waals surface area contributed by atoms with Gasteiger partial charge >= 0.3 is 5.97 Å². The molecule has 6 nitrogen and oxygen atoms in total. The second-order valence-electron chi connectivity index (χ2n) is 6.01. The molecule has 0 aliphatic heterocycles. The van der Waals surface area contributed by atoms with E-state index in [0.717, 1.165) is 29.8 Å². The normalized spacial score (nSPS) is 10.6. The maximum absolute atomic E-state index is 10.6. The lowest BCUT2D eigenvalue weighted by Gasteiger charge is -2.11. The highest BCUT2D eigenvalue weighted by atomic mass is 16.5. The second kappa shape index (κ2) is 8.80. The van der Waals surface area contributed by atoms with E-state index in [-0.39, 0.29) is 6.42 Å². The van der Waals surface area contributed by atoms with Crippen molar-refractivity contribution >= 4 is 5.97 Å². The van der Waals surface area contributed by atoms with Crippen molar-refractivity contribution in [3.05, 3.63) is 66.0 Å². The molecule has 0 atom stereocenters. The fourth-order valence-corrected chi connectivity index (χ4v) is 2.72. The second-order valence-corrected chi connectivity index (χ2v) is 6.01. The Labute approximate surface area is 151 Å². The molecule has 3 aromatic rings. The minimum absolute atomic E-state index is 0.215. The molecule has 2 aromatic heterocycles. The van der Waals surface area contributed by atoms with Gasteiger partial charge in [0.15, 0.2) is 0 Å². The largest absolute Gasteiger partial charge is 0.487 e. The summed E-state index contributed by atoms with van der Waals surface area (Å²) in [5, 5.41) is 15.5. The number of rotatable bonds is 9. The van der Waals surface area contributed by atoms with Gasteiger partial charge in [-0.15, -0.1) is 0 Å². The third-order valence-electron chi connectivity index (χ3n) is 4.11. The summed E-state index contributed by atoms with van der Waals surface area (Å²) in [6.07, 6.45) is 5.99. The predicted molar refractivity (Wildman–Crippen MR) is 97.8 cm³/mol. The van der Waals surface area contributed by atoms with E-state index >= 15 is 0 Å². The van der Waals surface area contributed by atoms with Gasteiger partial charge in [-0.25, -0.2) is 0 Å². The number of H-pyrrole nitrogens is 1. The first-order chi connectivity index (χ1) is 12.7. The molecular formula is C20H21N3O3. The first-order valence-corrected chi connectivity index (χ1v) is 8.59. The van der Waals surface area contributed by atoms with Crippen LogP contribution in [0.15, 0.2) is 54.9 Å². The Kier molecular flexibility index (Phi) is 5.98. The van der Waals surface area contributed by atoms with Crippen LogP contribution in [0, 0.1) is 0 Å². The van der Waals surface area contributed by atoms with E-state index in [2.05, 4.69) is 21.2 Å². The highest BCUT2D eigenvalue weighted by Gasteiger charge is 2.05.